The molecule has 0 amide bonds. The van der Waals surface area contributed by atoms with Gasteiger partial charge in [-0.05, 0) is 72.9 Å². The molecule has 2 aliphatic carbocycles. The largest absolute Gasteiger partial charge is 1.00 e. The van der Waals surface area contributed by atoms with E-state index in [0.717, 1.165) is 47.9 Å². The molecule has 0 heterocycles. The summed E-state index contributed by atoms with van der Waals surface area (Å²) in [7, 11) is 0. The van der Waals surface area contributed by atoms with E-state index < -0.39 is 23.8 Å². The Morgan fingerprint density at radius 2 is 1.09 bits per heavy atom. The fourth-order valence-corrected chi connectivity index (χ4v) is 4.44. The van der Waals surface area contributed by atoms with Crippen molar-refractivity contribution in [2.24, 2.45) is 10.2 Å². The molecule has 0 spiro atoms. The standard InChI is InChI=1S/C22H22N2O4.2Na.2H2O/c25-21(26)17-9-1-7-15-13(17)5-3-11-19(15)23-24-20-12-4-6-14-16(20)8-2-10-18(14)22(27)28;;;;/h3-6,11-12,17-18H,1-2,7-10H2,(H,25,26)(H,27,28);;;2*1H2/q;2*+1;;/p-2. The second-order valence-corrected chi connectivity index (χ2v) is 7.42. The maximum absolute atomic E-state index is 11.4. The average molecular weight is 458 g/mol. The second-order valence-electron chi connectivity index (χ2n) is 7.42. The minimum atomic E-state index is -1.06. The summed E-state index contributed by atoms with van der Waals surface area (Å²) in [4.78, 5) is 22.9. The van der Waals surface area contributed by atoms with Crippen LogP contribution in [0.5, 0.6) is 0 Å². The number of azo groups is 1. The summed E-state index contributed by atoms with van der Waals surface area (Å²) < 4.78 is 0. The molecule has 2 unspecified atom stereocenters. The summed E-state index contributed by atoms with van der Waals surface area (Å²) in [5.41, 5.74) is 4.65. The van der Waals surface area contributed by atoms with Crippen molar-refractivity contribution in [1.82, 2.24) is 0 Å². The quantitative estimate of drug-likeness (QED) is 0.330. The van der Waals surface area contributed by atoms with Gasteiger partial charge < -0.3 is 30.8 Å². The number of carbonyl (C=O) groups excluding carboxylic acids is 2. The van der Waals surface area contributed by atoms with E-state index in [1.807, 2.05) is 24.3 Å². The van der Waals surface area contributed by atoms with Gasteiger partial charge in [-0.1, -0.05) is 24.3 Å². The molecule has 0 bridgehead atoms. The average Bonchev–Trinajstić information content (AvgIpc) is 2.71. The Kier molecular flexibility index (Phi) is 13.1. The van der Waals surface area contributed by atoms with Crippen molar-refractivity contribution in [2.45, 2.75) is 50.4 Å². The Morgan fingerprint density at radius 1 is 0.719 bits per heavy atom. The number of hydrogen-bond donors (Lipinski definition) is 0. The molecule has 0 fully saturated rings. The fraction of sp³-hybridized carbons (Fsp3) is 0.364. The van der Waals surface area contributed by atoms with Gasteiger partial charge in [0.2, 0.25) is 0 Å². The van der Waals surface area contributed by atoms with Crippen LogP contribution in [0.4, 0.5) is 11.4 Å². The van der Waals surface area contributed by atoms with Gasteiger partial charge in [0.1, 0.15) is 0 Å². The molecule has 4 N–H and O–H groups in total. The smallest absolute Gasteiger partial charge is 0.549 e. The molecule has 2 aliphatic rings. The summed E-state index contributed by atoms with van der Waals surface area (Å²) in [5.74, 6) is -3.32. The van der Waals surface area contributed by atoms with Crippen LogP contribution < -0.4 is 69.3 Å². The fourth-order valence-electron chi connectivity index (χ4n) is 4.44. The first-order valence-corrected chi connectivity index (χ1v) is 9.63. The van der Waals surface area contributed by atoms with Gasteiger partial charge in [-0.25, -0.2) is 0 Å². The van der Waals surface area contributed by atoms with E-state index in [2.05, 4.69) is 10.2 Å². The zero-order valence-corrected chi connectivity index (χ0v) is 22.4. The molecule has 10 heteroatoms. The first-order chi connectivity index (χ1) is 13.6. The van der Waals surface area contributed by atoms with Gasteiger partial charge in [0.15, 0.2) is 0 Å². The topological polar surface area (TPSA) is 168 Å². The Bertz CT molecular complexity index is 905. The number of carboxylic acid groups (broad SMARTS) is 2. The molecule has 8 nitrogen and oxygen atoms in total. The van der Waals surface area contributed by atoms with Crippen LogP contribution in [0.25, 0.3) is 0 Å². The van der Waals surface area contributed by atoms with Crippen LogP contribution in [-0.2, 0) is 22.4 Å². The molecule has 160 valence electrons. The Labute approximate surface area is 230 Å². The molecule has 4 rings (SSSR count). The first-order valence-electron chi connectivity index (χ1n) is 9.63. The van der Waals surface area contributed by atoms with E-state index in [1.54, 1.807) is 12.1 Å². The number of carbonyl (C=O) groups is 2. The second kappa shape index (κ2) is 13.6. The van der Waals surface area contributed by atoms with Crippen molar-refractivity contribution < 1.29 is 89.9 Å². The summed E-state index contributed by atoms with van der Waals surface area (Å²) in [6, 6.07) is 10.9. The number of benzene rings is 2. The Balaban J connectivity index is 0.00000240. The molecular weight excluding hydrogens is 434 g/mol. The van der Waals surface area contributed by atoms with Gasteiger partial charge in [-0.15, -0.1) is 0 Å². The third-order valence-electron chi connectivity index (χ3n) is 5.80. The molecule has 0 aliphatic heterocycles. The molecule has 32 heavy (non-hydrogen) atoms. The van der Waals surface area contributed by atoms with Gasteiger partial charge in [-0.2, -0.15) is 10.2 Å². The van der Waals surface area contributed by atoms with Crippen molar-refractivity contribution in [2.75, 3.05) is 0 Å². The van der Waals surface area contributed by atoms with Gasteiger partial charge in [-0.3, -0.25) is 0 Å². The summed E-state index contributed by atoms with van der Waals surface area (Å²) in [5, 5.41) is 31.7. The van der Waals surface area contributed by atoms with Gasteiger partial charge in [0.25, 0.3) is 0 Å². The molecular formula is C22H24N2Na2O6. The number of hydrogen-bond acceptors (Lipinski definition) is 6. The molecule has 0 radical (unpaired) electrons. The molecule has 0 saturated carbocycles. The van der Waals surface area contributed by atoms with E-state index in [0.29, 0.717) is 24.2 Å². The molecule has 2 atom stereocenters. The maximum Gasteiger partial charge on any atom is 1.00 e. The van der Waals surface area contributed by atoms with Gasteiger partial charge in [0.05, 0.1) is 11.4 Å². The monoisotopic (exact) mass is 458 g/mol. The van der Waals surface area contributed by atoms with Crippen LogP contribution in [0.15, 0.2) is 46.6 Å². The summed E-state index contributed by atoms with van der Waals surface area (Å²) in [6.07, 6.45) is 4.21. The van der Waals surface area contributed by atoms with E-state index in [9.17, 15) is 19.8 Å². The number of aliphatic carboxylic acids is 2. The Hall–Kier alpha value is -1.10. The molecule has 0 saturated heterocycles. The van der Waals surface area contributed by atoms with Crippen LogP contribution in [-0.4, -0.2) is 22.9 Å². The third-order valence-corrected chi connectivity index (χ3v) is 5.80. The Morgan fingerprint density at radius 3 is 1.44 bits per heavy atom. The predicted molar refractivity (Wildman–Crippen MR) is 106 cm³/mol. The molecule has 2 aromatic rings. The predicted octanol–water partition coefficient (Wildman–Crippen LogP) is -5.20. The van der Waals surface area contributed by atoms with Crippen LogP contribution >= 0.6 is 0 Å². The van der Waals surface area contributed by atoms with E-state index in [1.165, 1.54) is 0 Å². The van der Waals surface area contributed by atoms with Crippen molar-refractivity contribution in [3.63, 3.8) is 0 Å². The number of nitrogens with zero attached hydrogens (tertiary/aromatic N) is 2. The third kappa shape index (κ3) is 6.27. The maximum atomic E-state index is 11.4. The molecule has 0 aromatic heterocycles. The number of rotatable bonds is 4. The van der Waals surface area contributed by atoms with Gasteiger partial charge >= 0.3 is 59.1 Å². The van der Waals surface area contributed by atoms with Crippen LogP contribution in [0.1, 0.15) is 59.8 Å². The van der Waals surface area contributed by atoms with Crippen molar-refractivity contribution >= 4 is 23.3 Å². The summed E-state index contributed by atoms with van der Waals surface area (Å²) in [6.45, 7) is 0. The van der Waals surface area contributed by atoms with Crippen LogP contribution in [0.3, 0.4) is 0 Å². The van der Waals surface area contributed by atoms with E-state index in [-0.39, 0.29) is 70.1 Å². The van der Waals surface area contributed by atoms with Crippen molar-refractivity contribution in [3.05, 3.63) is 58.7 Å². The van der Waals surface area contributed by atoms with E-state index in [4.69, 9.17) is 0 Å². The minimum Gasteiger partial charge on any atom is -0.549 e. The van der Waals surface area contributed by atoms with Crippen molar-refractivity contribution in [1.29, 1.82) is 0 Å². The zero-order chi connectivity index (χ0) is 19.7. The van der Waals surface area contributed by atoms with Crippen LogP contribution in [0, 0.1) is 0 Å². The normalized spacial score (nSPS) is 18.5. The van der Waals surface area contributed by atoms with E-state index >= 15 is 0 Å². The SMILES string of the molecule is O.O.O=C([O-])C1CCCc2c(N=Nc3cccc4c3CCCC4C(=O)[O-])cccc21.[Na+].[Na+]. The van der Waals surface area contributed by atoms with Gasteiger partial charge in [0, 0.05) is 23.8 Å². The van der Waals surface area contributed by atoms with Crippen molar-refractivity contribution in [3.8, 4) is 0 Å². The molecule has 2 aromatic carbocycles. The number of carboxylic acids is 2. The zero-order valence-electron chi connectivity index (χ0n) is 18.4. The van der Waals surface area contributed by atoms with Crippen LogP contribution in [0.2, 0.25) is 0 Å². The number of fused-ring (bicyclic) bond motifs is 2. The minimum absolute atomic E-state index is 0. The first kappa shape index (κ1) is 30.9. The summed E-state index contributed by atoms with van der Waals surface area (Å²) >= 11 is 0.